The van der Waals surface area contributed by atoms with Gasteiger partial charge in [0.25, 0.3) is 5.91 Å². The van der Waals surface area contributed by atoms with Gasteiger partial charge in [-0.05, 0) is 54.8 Å². The number of anilines is 1. The maximum absolute atomic E-state index is 12.9. The van der Waals surface area contributed by atoms with Gasteiger partial charge in [-0.15, -0.1) is 0 Å². The summed E-state index contributed by atoms with van der Waals surface area (Å²) in [7, 11) is 0. The predicted molar refractivity (Wildman–Crippen MR) is 91.6 cm³/mol. The first-order valence-electron chi connectivity index (χ1n) is 7.67. The molecule has 24 heavy (non-hydrogen) atoms. The number of hydrogen-bond donors (Lipinski definition) is 1. The van der Waals surface area contributed by atoms with E-state index in [0.717, 1.165) is 16.7 Å². The number of aromatic nitrogens is 2. The van der Waals surface area contributed by atoms with E-state index in [1.54, 1.807) is 35.3 Å². The van der Waals surface area contributed by atoms with Crippen LogP contribution in [-0.2, 0) is 6.54 Å². The van der Waals surface area contributed by atoms with Gasteiger partial charge in [-0.2, -0.15) is 5.10 Å². The number of carbonyl (C=O) groups is 1. The third-order valence-electron chi connectivity index (χ3n) is 3.92. The van der Waals surface area contributed by atoms with Crippen molar-refractivity contribution in [1.29, 1.82) is 0 Å². The van der Waals surface area contributed by atoms with Crippen LogP contribution in [0.25, 0.3) is 0 Å². The summed E-state index contributed by atoms with van der Waals surface area (Å²) in [6.45, 7) is 4.50. The summed E-state index contributed by atoms with van der Waals surface area (Å²) in [5.74, 6) is -0.431. The Hall–Kier alpha value is -2.95. The first-order valence-corrected chi connectivity index (χ1v) is 7.67. The average molecular weight is 323 g/mol. The van der Waals surface area contributed by atoms with E-state index in [-0.39, 0.29) is 11.7 Å². The second-order valence-corrected chi connectivity index (χ2v) is 5.81. The van der Waals surface area contributed by atoms with Crippen LogP contribution in [0, 0.1) is 19.7 Å². The summed E-state index contributed by atoms with van der Waals surface area (Å²) >= 11 is 0. The van der Waals surface area contributed by atoms with Gasteiger partial charge in [-0.1, -0.05) is 18.2 Å². The van der Waals surface area contributed by atoms with E-state index < -0.39 is 0 Å². The van der Waals surface area contributed by atoms with E-state index in [2.05, 4.69) is 10.4 Å². The molecule has 0 aliphatic carbocycles. The molecule has 4 nitrogen and oxygen atoms in total. The molecule has 0 fully saturated rings. The van der Waals surface area contributed by atoms with Crippen molar-refractivity contribution in [1.82, 2.24) is 9.78 Å². The molecule has 1 heterocycles. The van der Waals surface area contributed by atoms with E-state index in [9.17, 15) is 9.18 Å². The topological polar surface area (TPSA) is 46.9 Å². The molecule has 3 aromatic rings. The lowest BCUT2D eigenvalue weighted by atomic mass is 10.1. The lowest BCUT2D eigenvalue weighted by Crippen LogP contribution is -2.11. The fourth-order valence-corrected chi connectivity index (χ4v) is 2.38. The van der Waals surface area contributed by atoms with Gasteiger partial charge in [-0.3, -0.25) is 9.48 Å². The van der Waals surface area contributed by atoms with Gasteiger partial charge in [0.1, 0.15) is 5.82 Å². The second kappa shape index (κ2) is 6.66. The Kier molecular flexibility index (Phi) is 4.42. The predicted octanol–water partition coefficient (Wildman–Crippen LogP) is 3.94. The highest BCUT2D eigenvalue weighted by molar-refractivity contribution is 6.04. The number of rotatable bonds is 4. The fourth-order valence-electron chi connectivity index (χ4n) is 2.38. The van der Waals surface area contributed by atoms with Crippen LogP contribution in [0.3, 0.4) is 0 Å². The summed E-state index contributed by atoms with van der Waals surface area (Å²) in [5.41, 5.74) is 4.41. The molecule has 0 aliphatic rings. The van der Waals surface area contributed by atoms with Crippen LogP contribution >= 0.6 is 0 Å². The van der Waals surface area contributed by atoms with E-state index in [1.165, 1.54) is 12.1 Å². The molecular weight excluding hydrogens is 305 g/mol. The first-order chi connectivity index (χ1) is 11.5. The van der Waals surface area contributed by atoms with Crippen LogP contribution < -0.4 is 5.32 Å². The number of benzene rings is 2. The third kappa shape index (κ3) is 3.68. The molecule has 3 rings (SSSR count). The maximum atomic E-state index is 12.9. The molecule has 1 aromatic heterocycles. The highest BCUT2D eigenvalue weighted by atomic mass is 19.1. The summed E-state index contributed by atoms with van der Waals surface area (Å²) in [5, 5.41) is 7.06. The Morgan fingerprint density at radius 2 is 1.88 bits per heavy atom. The summed E-state index contributed by atoms with van der Waals surface area (Å²) in [6.07, 6.45) is 3.35. The van der Waals surface area contributed by atoms with E-state index in [1.807, 2.05) is 26.0 Å². The number of hydrogen-bond acceptors (Lipinski definition) is 2. The van der Waals surface area contributed by atoms with Crippen LogP contribution in [0.5, 0.6) is 0 Å². The number of nitrogens with zero attached hydrogens (tertiary/aromatic N) is 2. The molecule has 0 saturated heterocycles. The first kappa shape index (κ1) is 15.9. The lowest BCUT2D eigenvalue weighted by molar-refractivity contribution is 0.102. The van der Waals surface area contributed by atoms with Crippen molar-refractivity contribution in [3.63, 3.8) is 0 Å². The number of aryl methyl sites for hydroxylation is 2. The van der Waals surface area contributed by atoms with E-state index in [0.29, 0.717) is 17.8 Å². The van der Waals surface area contributed by atoms with Crippen molar-refractivity contribution < 1.29 is 9.18 Å². The van der Waals surface area contributed by atoms with Crippen LogP contribution in [0.4, 0.5) is 10.1 Å². The van der Waals surface area contributed by atoms with Crippen molar-refractivity contribution in [3.8, 4) is 0 Å². The Balaban J connectivity index is 1.68. The number of halogens is 1. The van der Waals surface area contributed by atoms with Gasteiger partial charge in [0.05, 0.1) is 18.4 Å². The zero-order chi connectivity index (χ0) is 17.1. The summed E-state index contributed by atoms with van der Waals surface area (Å²) in [4.78, 5) is 12.3. The zero-order valence-electron chi connectivity index (χ0n) is 13.6. The normalized spacial score (nSPS) is 10.6. The monoisotopic (exact) mass is 323 g/mol. The van der Waals surface area contributed by atoms with E-state index in [4.69, 9.17) is 0 Å². The lowest BCUT2D eigenvalue weighted by Gasteiger charge is -2.05. The molecule has 0 aliphatic heterocycles. The van der Waals surface area contributed by atoms with Crippen LogP contribution in [-0.4, -0.2) is 15.7 Å². The third-order valence-corrected chi connectivity index (χ3v) is 3.92. The minimum atomic E-state index is -0.263. The van der Waals surface area contributed by atoms with Crippen molar-refractivity contribution in [3.05, 3.63) is 82.9 Å². The molecule has 5 heteroatoms. The molecule has 122 valence electrons. The van der Waals surface area contributed by atoms with Crippen molar-refractivity contribution in [2.75, 3.05) is 5.32 Å². The minimum absolute atomic E-state index is 0.167. The number of carbonyl (C=O) groups excluding carboxylic acids is 1. The van der Waals surface area contributed by atoms with E-state index >= 15 is 0 Å². The summed E-state index contributed by atoms with van der Waals surface area (Å²) < 4.78 is 14.6. The Morgan fingerprint density at radius 3 is 2.58 bits per heavy atom. The highest BCUT2D eigenvalue weighted by Gasteiger charge is 2.09. The van der Waals surface area contributed by atoms with Crippen molar-refractivity contribution in [2.24, 2.45) is 0 Å². The van der Waals surface area contributed by atoms with Gasteiger partial charge >= 0.3 is 0 Å². The molecular formula is C19H18FN3O. The van der Waals surface area contributed by atoms with Gasteiger partial charge in [0, 0.05) is 11.8 Å². The Morgan fingerprint density at radius 1 is 1.12 bits per heavy atom. The molecule has 2 aromatic carbocycles. The van der Waals surface area contributed by atoms with Gasteiger partial charge in [0.15, 0.2) is 0 Å². The Labute approximate surface area is 139 Å². The minimum Gasteiger partial charge on any atom is -0.319 e. The second-order valence-electron chi connectivity index (χ2n) is 5.81. The van der Waals surface area contributed by atoms with Gasteiger partial charge in [-0.25, -0.2) is 4.39 Å². The fraction of sp³-hybridized carbons (Fsp3) is 0.158. The highest BCUT2D eigenvalue weighted by Crippen LogP contribution is 2.13. The quantitative estimate of drug-likeness (QED) is 0.790. The van der Waals surface area contributed by atoms with Gasteiger partial charge < -0.3 is 5.32 Å². The molecule has 1 N–H and O–H groups in total. The largest absolute Gasteiger partial charge is 0.319 e. The molecule has 0 atom stereocenters. The zero-order valence-corrected chi connectivity index (χ0v) is 13.6. The van der Waals surface area contributed by atoms with Crippen LogP contribution in [0.15, 0.2) is 54.9 Å². The molecule has 0 unspecified atom stereocenters. The van der Waals surface area contributed by atoms with Crippen LogP contribution in [0.1, 0.15) is 27.0 Å². The average Bonchev–Trinajstić information content (AvgIpc) is 2.99. The number of amides is 1. The summed E-state index contributed by atoms with van der Waals surface area (Å²) in [6, 6.07) is 11.9. The SMILES string of the molecule is Cc1ccc(C(=O)Nc2cnn(Cc3ccc(F)cc3)c2)cc1C. The molecule has 0 saturated carbocycles. The van der Waals surface area contributed by atoms with Crippen molar-refractivity contribution in [2.45, 2.75) is 20.4 Å². The molecule has 0 radical (unpaired) electrons. The molecule has 1 amide bonds. The molecule has 0 bridgehead atoms. The Bertz CT molecular complexity index is 869. The van der Waals surface area contributed by atoms with Gasteiger partial charge in [0.2, 0.25) is 0 Å². The molecule has 0 spiro atoms. The van der Waals surface area contributed by atoms with Crippen molar-refractivity contribution >= 4 is 11.6 Å². The smallest absolute Gasteiger partial charge is 0.255 e. The number of nitrogens with one attached hydrogen (secondary N) is 1. The van der Waals surface area contributed by atoms with Crippen LogP contribution in [0.2, 0.25) is 0 Å². The maximum Gasteiger partial charge on any atom is 0.255 e. The standard InChI is InChI=1S/C19H18FN3O/c1-13-3-6-16(9-14(13)2)19(24)22-18-10-21-23(12-18)11-15-4-7-17(20)8-5-15/h3-10,12H,11H2,1-2H3,(H,22,24).